The first kappa shape index (κ1) is 17.2. The third kappa shape index (κ3) is 2.90. The molecule has 3 aromatic carbocycles. The lowest BCUT2D eigenvalue weighted by molar-refractivity contribution is 0.0850. The van der Waals surface area contributed by atoms with Gasteiger partial charge in [0.2, 0.25) is 0 Å². The highest BCUT2D eigenvalue weighted by atomic mass is 35.5. The lowest BCUT2D eigenvalue weighted by Gasteiger charge is -2.26. The van der Waals surface area contributed by atoms with Gasteiger partial charge in [0.15, 0.2) is 0 Å². The highest BCUT2D eigenvalue weighted by Crippen LogP contribution is 2.36. The van der Waals surface area contributed by atoms with Crippen molar-refractivity contribution in [2.45, 2.75) is 37.8 Å². The molecule has 3 N–H and O–H groups in total. The van der Waals surface area contributed by atoms with Crippen LogP contribution in [0.3, 0.4) is 0 Å². The van der Waals surface area contributed by atoms with Gasteiger partial charge in [0.05, 0.1) is 12.1 Å². The minimum atomic E-state index is -0.456. The molecular weight excluding hydrogens is 318 g/mol. The smallest absolute Gasteiger partial charge is 0.0761 e. The number of fused-ring (bicyclic) bond motifs is 3. The van der Waals surface area contributed by atoms with Crippen molar-refractivity contribution < 1.29 is 5.11 Å². The van der Waals surface area contributed by atoms with E-state index in [-0.39, 0.29) is 18.4 Å². The van der Waals surface area contributed by atoms with E-state index >= 15 is 0 Å². The lowest BCUT2D eigenvalue weighted by Crippen LogP contribution is -2.32. The molecule has 0 heterocycles. The molecule has 126 valence electrons. The van der Waals surface area contributed by atoms with Crippen LogP contribution >= 0.6 is 12.4 Å². The van der Waals surface area contributed by atoms with Gasteiger partial charge in [0.25, 0.3) is 0 Å². The van der Waals surface area contributed by atoms with Crippen LogP contribution in [0.4, 0.5) is 0 Å². The molecule has 0 aromatic heterocycles. The molecule has 2 nitrogen and oxygen atoms in total. The predicted octanol–water partition coefficient (Wildman–Crippen LogP) is 4.97. The molecule has 0 aliphatic heterocycles. The van der Waals surface area contributed by atoms with Gasteiger partial charge >= 0.3 is 0 Å². The molecule has 0 radical (unpaired) electrons. The SMILES string of the molecule is Cl.N[C@H](c1cc2ccccc2c2ccccc12)[C@@H](O)C1CCCC1. The van der Waals surface area contributed by atoms with Gasteiger partial charge in [0, 0.05) is 0 Å². The van der Waals surface area contributed by atoms with Crippen molar-refractivity contribution in [3.63, 3.8) is 0 Å². The van der Waals surface area contributed by atoms with Crippen molar-refractivity contribution >= 4 is 34.0 Å². The van der Waals surface area contributed by atoms with Gasteiger partial charge in [-0.05, 0) is 51.9 Å². The summed E-state index contributed by atoms with van der Waals surface area (Å²) >= 11 is 0. The average Bonchev–Trinajstić information content (AvgIpc) is 3.14. The molecule has 24 heavy (non-hydrogen) atoms. The van der Waals surface area contributed by atoms with E-state index in [2.05, 4.69) is 54.6 Å². The first-order valence-electron chi connectivity index (χ1n) is 8.60. The second-order valence-corrected chi connectivity index (χ2v) is 6.79. The van der Waals surface area contributed by atoms with E-state index in [0.29, 0.717) is 5.92 Å². The van der Waals surface area contributed by atoms with E-state index in [1.165, 1.54) is 29.0 Å². The van der Waals surface area contributed by atoms with Crippen LogP contribution in [0.15, 0.2) is 54.6 Å². The topological polar surface area (TPSA) is 46.2 Å². The Bertz CT molecular complexity index is 841. The predicted molar refractivity (Wildman–Crippen MR) is 104 cm³/mol. The Balaban J connectivity index is 0.00000169. The summed E-state index contributed by atoms with van der Waals surface area (Å²) in [6, 6.07) is 18.6. The molecule has 1 aliphatic carbocycles. The number of halogens is 1. The van der Waals surface area contributed by atoms with Crippen molar-refractivity contribution in [2.75, 3.05) is 0 Å². The molecule has 0 spiro atoms. The van der Waals surface area contributed by atoms with Crippen LogP contribution in [0.1, 0.15) is 37.3 Å². The number of aliphatic hydroxyl groups excluding tert-OH is 1. The molecule has 0 saturated heterocycles. The zero-order valence-electron chi connectivity index (χ0n) is 13.7. The summed E-state index contributed by atoms with van der Waals surface area (Å²) in [6.45, 7) is 0. The molecule has 1 fully saturated rings. The third-order valence-electron chi connectivity index (χ3n) is 5.41. The van der Waals surface area contributed by atoms with Crippen molar-refractivity contribution in [3.8, 4) is 0 Å². The highest BCUT2D eigenvalue weighted by Gasteiger charge is 2.29. The molecule has 1 saturated carbocycles. The Morgan fingerprint density at radius 1 is 0.875 bits per heavy atom. The maximum atomic E-state index is 10.8. The number of rotatable bonds is 3. The van der Waals surface area contributed by atoms with Crippen LogP contribution < -0.4 is 5.73 Å². The molecule has 0 unspecified atom stereocenters. The summed E-state index contributed by atoms with van der Waals surface area (Å²) in [5, 5.41) is 15.6. The third-order valence-corrected chi connectivity index (χ3v) is 5.41. The quantitative estimate of drug-likeness (QED) is 0.661. The van der Waals surface area contributed by atoms with E-state index in [0.717, 1.165) is 23.8 Å². The van der Waals surface area contributed by atoms with Gasteiger partial charge in [0.1, 0.15) is 0 Å². The summed E-state index contributed by atoms with van der Waals surface area (Å²) < 4.78 is 0. The molecular formula is C21H24ClNO. The Morgan fingerprint density at radius 3 is 2.17 bits per heavy atom. The van der Waals surface area contributed by atoms with Crippen LogP contribution in [-0.4, -0.2) is 11.2 Å². The highest BCUT2D eigenvalue weighted by molar-refractivity contribution is 6.09. The van der Waals surface area contributed by atoms with Crippen LogP contribution in [0.25, 0.3) is 21.5 Å². The second kappa shape index (κ2) is 7.10. The number of hydrogen-bond donors (Lipinski definition) is 2. The summed E-state index contributed by atoms with van der Waals surface area (Å²) in [7, 11) is 0. The van der Waals surface area contributed by atoms with Crippen LogP contribution in [0.2, 0.25) is 0 Å². The zero-order chi connectivity index (χ0) is 15.8. The van der Waals surface area contributed by atoms with E-state index < -0.39 is 6.10 Å². The Hall–Kier alpha value is -1.61. The minimum absolute atomic E-state index is 0. The number of hydrogen-bond acceptors (Lipinski definition) is 2. The fourth-order valence-corrected chi connectivity index (χ4v) is 4.14. The van der Waals surface area contributed by atoms with Crippen molar-refractivity contribution in [1.82, 2.24) is 0 Å². The molecule has 3 aromatic rings. The molecule has 1 aliphatic rings. The van der Waals surface area contributed by atoms with Gasteiger partial charge < -0.3 is 10.8 Å². The summed E-state index contributed by atoms with van der Waals surface area (Å²) in [5.74, 6) is 0.343. The van der Waals surface area contributed by atoms with Crippen molar-refractivity contribution in [3.05, 3.63) is 60.2 Å². The maximum Gasteiger partial charge on any atom is 0.0761 e. The van der Waals surface area contributed by atoms with Crippen LogP contribution in [0.5, 0.6) is 0 Å². The fourth-order valence-electron chi connectivity index (χ4n) is 4.14. The first-order chi connectivity index (χ1) is 11.3. The summed E-state index contributed by atoms with van der Waals surface area (Å²) in [5.41, 5.74) is 7.59. The number of nitrogens with two attached hydrogens (primary N) is 1. The Morgan fingerprint density at radius 2 is 1.46 bits per heavy atom. The minimum Gasteiger partial charge on any atom is -0.391 e. The normalized spacial score (nSPS) is 17.8. The second-order valence-electron chi connectivity index (χ2n) is 6.79. The van der Waals surface area contributed by atoms with Gasteiger partial charge in [-0.25, -0.2) is 0 Å². The van der Waals surface area contributed by atoms with Crippen molar-refractivity contribution in [2.24, 2.45) is 11.7 Å². The Labute approximate surface area is 149 Å². The van der Waals surface area contributed by atoms with E-state index in [4.69, 9.17) is 5.73 Å². The molecule has 0 bridgehead atoms. The number of aliphatic hydroxyl groups is 1. The van der Waals surface area contributed by atoms with Gasteiger partial charge in [-0.15, -0.1) is 12.4 Å². The standard InChI is InChI=1S/C21H23NO.ClH/c22-20(21(23)14-7-1-2-8-14)19-13-15-9-3-4-10-16(15)17-11-5-6-12-18(17)19;/h3-6,9-14,20-21,23H,1-2,7-8,22H2;1H/t20-,21+;/m1./s1. The number of benzene rings is 3. The van der Waals surface area contributed by atoms with E-state index in [1.54, 1.807) is 0 Å². The average molecular weight is 342 g/mol. The van der Waals surface area contributed by atoms with Gasteiger partial charge in [-0.2, -0.15) is 0 Å². The molecule has 2 atom stereocenters. The molecule has 4 rings (SSSR count). The Kier molecular flexibility index (Phi) is 5.09. The lowest BCUT2D eigenvalue weighted by atomic mass is 9.87. The monoisotopic (exact) mass is 341 g/mol. The van der Waals surface area contributed by atoms with Crippen LogP contribution in [-0.2, 0) is 0 Å². The molecule has 0 amide bonds. The van der Waals surface area contributed by atoms with Gasteiger partial charge in [-0.3, -0.25) is 0 Å². The molecule has 3 heteroatoms. The first-order valence-corrected chi connectivity index (χ1v) is 8.60. The van der Waals surface area contributed by atoms with Crippen molar-refractivity contribution in [1.29, 1.82) is 0 Å². The zero-order valence-corrected chi connectivity index (χ0v) is 14.5. The summed E-state index contributed by atoms with van der Waals surface area (Å²) in [4.78, 5) is 0. The maximum absolute atomic E-state index is 10.8. The van der Waals surface area contributed by atoms with E-state index in [9.17, 15) is 5.11 Å². The fraction of sp³-hybridized carbons (Fsp3) is 0.333. The van der Waals surface area contributed by atoms with Crippen LogP contribution in [0, 0.1) is 5.92 Å². The van der Waals surface area contributed by atoms with Gasteiger partial charge in [-0.1, -0.05) is 61.4 Å². The summed E-state index contributed by atoms with van der Waals surface area (Å²) in [6.07, 6.45) is 4.17. The largest absolute Gasteiger partial charge is 0.391 e. The van der Waals surface area contributed by atoms with E-state index in [1.807, 2.05) is 0 Å².